The summed E-state index contributed by atoms with van der Waals surface area (Å²) in [6.07, 6.45) is 0.772. The minimum Gasteiger partial charge on any atom is -0.454 e. The summed E-state index contributed by atoms with van der Waals surface area (Å²) in [4.78, 5) is 4.12. The first-order valence-electron chi connectivity index (χ1n) is 9.40. The summed E-state index contributed by atoms with van der Waals surface area (Å²) in [6, 6.07) is 15.3. The van der Waals surface area contributed by atoms with Crippen molar-refractivity contribution in [3.63, 3.8) is 0 Å². The van der Waals surface area contributed by atoms with Gasteiger partial charge in [-0.25, -0.2) is 13.1 Å². The van der Waals surface area contributed by atoms with Crippen LogP contribution in [0, 0.1) is 0 Å². The van der Waals surface area contributed by atoms with Crippen molar-refractivity contribution in [2.75, 3.05) is 32.7 Å². The zero-order valence-corrected chi connectivity index (χ0v) is 19.9. The van der Waals surface area contributed by atoms with Gasteiger partial charge >= 0.3 is 0 Å². The molecular weight excluding hydrogens is 519 g/mol. The molecule has 10 heteroatoms. The van der Waals surface area contributed by atoms with Crippen molar-refractivity contribution < 1.29 is 17.9 Å². The Balaban J connectivity index is 0.00000320. The van der Waals surface area contributed by atoms with E-state index in [1.165, 1.54) is 0 Å². The summed E-state index contributed by atoms with van der Waals surface area (Å²) in [5.74, 6) is 2.05. The van der Waals surface area contributed by atoms with Crippen LogP contribution in [0.1, 0.15) is 11.1 Å². The predicted octanol–water partition coefficient (Wildman–Crippen LogP) is 1.86. The first-order chi connectivity index (χ1) is 14.1. The van der Waals surface area contributed by atoms with E-state index >= 15 is 0 Å². The second-order valence-corrected chi connectivity index (χ2v) is 8.42. The first-order valence-corrected chi connectivity index (χ1v) is 11.1. The van der Waals surface area contributed by atoms with Gasteiger partial charge in [-0.05, 0) is 29.7 Å². The highest BCUT2D eigenvalue weighted by atomic mass is 127. The van der Waals surface area contributed by atoms with E-state index < -0.39 is 10.0 Å². The largest absolute Gasteiger partial charge is 0.454 e. The Morgan fingerprint density at radius 1 is 1.00 bits per heavy atom. The molecule has 0 aromatic heterocycles. The van der Waals surface area contributed by atoms with Gasteiger partial charge in [0.15, 0.2) is 17.5 Å². The molecule has 0 fully saturated rings. The van der Waals surface area contributed by atoms with Gasteiger partial charge in [0.25, 0.3) is 0 Å². The lowest BCUT2D eigenvalue weighted by Gasteiger charge is -2.12. The van der Waals surface area contributed by atoms with E-state index in [4.69, 9.17) is 9.47 Å². The number of hydrogen-bond donors (Lipinski definition) is 3. The molecule has 30 heavy (non-hydrogen) atoms. The smallest absolute Gasteiger partial charge is 0.231 e. The third-order valence-electron chi connectivity index (χ3n) is 4.37. The number of sulfonamides is 1. The van der Waals surface area contributed by atoms with Gasteiger partial charge in [0, 0.05) is 26.7 Å². The summed E-state index contributed by atoms with van der Waals surface area (Å²) in [7, 11) is -1.72. The Bertz CT molecular complexity index is 939. The molecule has 2 aromatic rings. The van der Waals surface area contributed by atoms with Gasteiger partial charge in [0.05, 0.1) is 5.75 Å². The van der Waals surface area contributed by atoms with Crippen LogP contribution in [0.3, 0.4) is 0 Å². The van der Waals surface area contributed by atoms with Crippen LogP contribution in [0.2, 0.25) is 0 Å². The molecule has 0 amide bonds. The van der Waals surface area contributed by atoms with E-state index in [9.17, 15) is 8.42 Å². The number of benzene rings is 2. The van der Waals surface area contributed by atoms with Crippen LogP contribution < -0.4 is 24.8 Å². The Labute approximate surface area is 194 Å². The van der Waals surface area contributed by atoms with E-state index in [2.05, 4.69) is 20.3 Å². The standard InChI is InChI=1S/C20H26N4O4S.HI/c1-21-20(22-10-9-16-7-8-18-19(13-16)28-15-27-18)23-11-12-29(25,26)24-14-17-5-3-2-4-6-17;/h2-8,13,24H,9-12,14-15H2,1H3,(H2,21,22,23);1H. The lowest BCUT2D eigenvalue weighted by atomic mass is 10.1. The lowest BCUT2D eigenvalue weighted by molar-refractivity contribution is 0.174. The average molecular weight is 546 g/mol. The van der Waals surface area contributed by atoms with Crippen LogP contribution in [0.15, 0.2) is 53.5 Å². The fraction of sp³-hybridized carbons (Fsp3) is 0.350. The molecule has 0 saturated carbocycles. The van der Waals surface area contributed by atoms with Gasteiger partial charge in [-0.2, -0.15) is 0 Å². The van der Waals surface area contributed by atoms with Gasteiger partial charge in [-0.15, -0.1) is 24.0 Å². The SMILES string of the molecule is CN=C(NCCc1ccc2c(c1)OCO2)NCCS(=O)(=O)NCc1ccccc1.I. The van der Waals surface area contributed by atoms with Gasteiger partial charge in [0.2, 0.25) is 16.8 Å². The molecule has 3 N–H and O–H groups in total. The molecule has 0 spiro atoms. The molecule has 3 rings (SSSR count). The average Bonchev–Trinajstić information content (AvgIpc) is 3.20. The van der Waals surface area contributed by atoms with Crippen molar-refractivity contribution in [2.45, 2.75) is 13.0 Å². The van der Waals surface area contributed by atoms with Gasteiger partial charge in [0.1, 0.15) is 0 Å². The number of ether oxygens (including phenoxy) is 2. The Morgan fingerprint density at radius 3 is 2.50 bits per heavy atom. The number of aliphatic imine (C=N–C) groups is 1. The second-order valence-electron chi connectivity index (χ2n) is 6.49. The highest BCUT2D eigenvalue weighted by Gasteiger charge is 2.13. The van der Waals surface area contributed by atoms with Crippen LogP contribution in [0.4, 0.5) is 0 Å². The maximum atomic E-state index is 12.1. The molecule has 1 heterocycles. The monoisotopic (exact) mass is 546 g/mol. The van der Waals surface area contributed by atoms with Crippen molar-refractivity contribution in [3.05, 3.63) is 59.7 Å². The zero-order chi connectivity index (χ0) is 20.5. The van der Waals surface area contributed by atoms with Crippen molar-refractivity contribution >= 4 is 40.0 Å². The van der Waals surface area contributed by atoms with E-state index in [-0.39, 0.29) is 49.6 Å². The molecule has 2 aromatic carbocycles. The summed E-state index contributed by atoms with van der Waals surface area (Å²) in [6.45, 7) is 1.45. The quantitative estimate of drug-likeness (QED) is 0.252. The Morgan fingerprint density at radius 2 is 1.73 bits per heavy atom. The van der Waals surface area contributed by atoms with Crippen LogP contribution in [0.25, 0.3) is 0 Å². The van der Waals surface area contributed by atoms with Crippen molar-refractivity contribution in [1.29, 1.82) is 0 Å². The fourth-order valence-corrected chi connectivity index (χ4v) is 3.71. The number of guanidine groups is 1. The molecule has 0 saturated heterocycles. The topological polar surface area (TPSA) is 101 Å². The Hall–Kier alpha value is -2.05. The molecule has 1 aliphatic rings. The molecule has 1 aliphatic heterocycles. The van der Waals surface area contributed by atoms with Gasteiger partial charge < -0.3 is 20.1 Å². The van der Waals surface area contributed by atoms with E-state index in [0.717, 1.165) is 29.0 Å². The van der Waals surface area contributed by atoms with Crippen LogP contribution in [-0.4, -0.2) is 47.1 Å². The van der Waals surface area contributed by atoms with Crippen molar-refractivity contribution in [2.24, 2.45) is 4.99 Å². The summed E-state index contributed by atoms with van der Waals surface area (Å²) >= 11 is 0. The first kappa shape index (κ1) is 24.2. The molecule has 0 unspecified atom stereocenters. The van der Waals surface area contributed by atoms with Gasteiger partial charge in [-0.1, -0.05) is 36.4 Å². The van der Waals surface area contributed by atoms with Gasteiger partial charge in [-0.3, -0.25) is 4.99 Å². The van der Waals surface area contributed by atoms with Crippen molar-refractivity contribution in [3.8, 4) is 11.5 Å². The maximum Gasteiger partial charge on any atom is 0.231 e. The summed E-state index contributed by atoms with van der Waals surface area (Å²) in [5.41, 5.74) is 2.04. The summed E-state index contributed by atoms with van der Waals surface area (Å²) in [5, 5.41) is 6.21. The highest BCUT2D eigenvalue weighted by Crippen LogP contribution is 2.32. The number of fused-ring (bicyclic) bond motifs is 1. The predicted molar refractivity (Wildman–Crippen MR) is 128 cm³/mol. The fourth-order valence-electron chi connectivity index (χ4n) is 2.81. The molecule has 8 nitrogen and oxygen atoms in total. The number of halogens is 1. The lowest BCUT2D eigenvalue weighted by Crippen LogP contribution is -2.41. The number of rotatable bonds is 9. The van der Waals surface area contributed by atoms with Crippen LogP contribution >= 0.6 is 24.0 Å². The van der Waals surface area contributed by atoms with E-state index in [1.54, 1.807) is 7.05 Å². The molecule has 164 valence electrons. The normalized spacial score (nSPS) is 12.9. The molecule has 0 atom stereocenters. The van der Waals surface area contributed by atoms with E-state index in [1.807, 2.05) is 48.5 Å². The molecular formula is C20H27IN4O4S. The maximum absolute atomic E-state index is 12.1. The molecule has 0 bridgehead atoms. The number of hydrogen-bond acceptors (Lipinski definition) is 5. The van der Waals surface area contributed by atoms with Crippen LogP contribution in [0.5, 0.6) is 11.5 Å². The minimum atomic E-state index is -3.37. The second kappa shape index (κ2) is 12.0. The third kappa shape index (κ3) is 7.65. The number of nitrogens with zero attached hydrogens (tertiary/aromatic N) is 1. The highest BCUT2D eigenvalue weighted by molar-refractivity contribution is 14.0. The molecule has 0 radical (unpaired) electrons. The zero-order valence-electron chi connectivity index (χ0n) is 16.8. The minimum absolute atomic E-state index is 0. The third-order valence-corrected chi connectivity index (χ3v) is 5.69. The summed E-state index contributed by atoms with van der Waals surface area (Å²) < 4.78 is 37.6. The molecule has 0 aliphatic carbocycles. The number of nitrogens with one attached hydrogen (secondary N) is 3. The Kier molecular flexibility index (Phi) is 9.66. The van der Waals surface area contributed by atoms with Crippen molar-refractivity contribution in [1.82, 2.24) is 15.4 Å². The van der Waals surface area contributed by atoms with Crippen LogP contribution in [-0.2, 0) is 23.0 Å². The van der Waals surface area contributed by atoms with E-state index in [0.29, 0.717) is 12.5 Å².